The maximum Gasteiger partial charge on any atom is 0.307 e. The highest BCUT2D eigenvalue weighted by atomic mass is 32.2. The van der Waals surface area contributed by atoms with Gasteiger partial charge in [0, 0.05) is 23.7 Å². The van der Waals surface area contributed by atoms with E-state index < -0.39 is 33.4 Å². The van der Waals surface area contributed by atoms with Gasteiger partial charge in [-0.25, -0.2) is 8.42 Å². The largest absolute Gasteiger partial charge is 0.496 e. The Kier molecular flexibility index (Phi) is 11.1. The van der Waals surface area contributed by atoms with Crippen LogP contribution in [-0.2, 0) is 35.4 Å². The number of carbonyl (C=O) groups is 2. The predicted molar refractivity (Wildman–Crippen MR) is 153 cm³/mol. The average Bonchev–Trinajstić information content (AvgIpc) is 3.06. The third-order valence-corrected chi connectivity index (χ3v) is 9.61. The number of fused-ring (bicyclic) bond motifs is 1. The minimum Gasteiger partial charge on any atom is -0.496 e. The number of carbonyl (C=O) groups excluding carboxylic acids is 2. The Balaban J connectivity index is 2.09. The van der Waals surface area contributed by atoms with Crippen LogP contribution in [-0.4, -0.2) is 59.0 Å². The summed E-state index contributed by atoms with van der Waals surface area (Å²) in [5.74, 6) is -0.453. The first-order chi connectivity index (χ1) is 19.1. The van der Waals surface area contributed by atoms with Gasteiger partial charge in [-0.3, -0.25) is 14.9 Å². The Bertz CT molecular complexity index is 1250. The van der Waals surface area contributed by atoms with Crippen molar-refractivity contribution >= 4 is 21.8 Å². The summed E-state index contributed by atoms with van der Waals surface area (Å²) in [6.07, 6.45) is 3.19. The highest BCUT2D eigenvalue weighted by molar-refractivity contribution is 7.91. The molecule has 220 valence electrons. The minimum atomic E-state index is -3.70. The van der Waals surface area contributed by atoms with Gasteiger partial charge >= 0.3 is 11.9 Å². The molecule has 1 unspecified atom stereocenters. The maximum absolute atomic E-state index is 14.0. The molecule has 2 N–H and O–H groups in total. The lowest BCUT2D eigenvalue weighted by Crippen LogP contribution is -2.50. The number of benzene rings is 2. The zero-order chi connectivity index (χ0) is 29.3. The molecule has 0 spiro atoms. The number of methoxy groups -OCH3 is 3. The van der Waals surface area contributed by atoms with Crippen LogP contribution in [0.4, 0.5) is 0 Å². The molecule has 0 aliphatic carbocycles. The van der Waals surface area contributed by atoms with Crippen molar-refractivity contribution in [2.45, 2.75) is 81.4 Å². The van der Waals surface area contributed by atoms with Crippen molar-refractivity contribution in [3.63, 3.8) is 0 Å². The number of rotatable bonds is 13. The average molecular weight is 575 g/mol. The molecule has 3 rings (SSSR count). The molecule has 0 amide bonds. The molecule has 0 fully saturated rings. The number of hydrogen-bond donors (Lipinski definition) is 2. The van der Waals surface area contributed by atoms with E-state index >= 15 is 0 Å². The molecule has 2 aromatic carbocycles. The maximum atomic E-state index is 14.0. The second-order valence-corrected chi connectivity index (χ2v) is 12.3. The van der Waals surface area contributed by atoms with Gasteiger partial charge in [0.05, 0.1) is 50.9 Å². The SMILES string of the molecule is CCCC[C@]1(CC)CS(=O)(=O)c2cc(CNC(CC(=O)OC)CC(=O)OC)c(OC)cc2C(c2ccccc2)N1. The lowest BCUT2D eigenvalue weighted by Gasteiger charge is -2.36. The van der Waals surface area contributed by atoms with Crippen LogP contribution in [0.2, 0.25) is 0 Å². The summed E-state index contributed by atoms with van der Waals surface area (Å²) in [6.45, 7) is 4.31. The molecule has 0 aromatic heterocycles. The smallest absolute Gasteiger partial charge is 0.307 e. The van der Waals surface area contributed by atoms with Gasteiger partial charge in [-0.05, 0) is 36.1 Å². The fourth-order valence-corrected chi connectivity index (χ4v) is 7.47. The quantitative estimate of drug-likeness (QED) is 0.341. The monoisotopic (exact) mass is 574 g/mol. The molecule has 10 heteroatoms. The number of esters is 2. The van der Waals surface area contributed by atoms with Gasteiger partial charge in [0.1, 0.15) is 5.75 Å². The summed E-state index contributed by atoms with van der Waals surface area (Å²) in [7, 11) is 0.413. The van der Waals surface area contributed by atoms with Gasteiger partial charge in [0.2, 0.25) is 0 Å². The molecule has 1 heterocycles. The topological polar surface area (TPSA) is 120 Å². The Morgan fingerprint density at radius 2 is 1.70 bits per heavy atom. The van der Waals surface area contributed by atoms with Gasteiger partial charge in [-0.2, -0.15) is 0 Å². The van der Waals surface area contributed by atoms with Crippen molar-refractivity contribution in [2.75, 3.05) is 27.1 Å². The highest BCUT2D eigenvalue weighted by Gasteiger charge is 2.42. The Hall–Kier alpha value is -2.95. The summed E-state index contributed by atoms with van der Waals surface area (Å²) in [6, 6.07) is 12.4. The summed E-state index contributed by atoms with van der Waals surface area (Å²) >= 11 is 0. The third kappa shape index (κ3) is 7.62. The lowest BCUT2D eigenvalue weighted by molar-refractivity contribution is -0.143. The summed E-state index contributed by atoms with van der Waals surface area (Å²) in [4.78, 5) is 24.2. The zero-order valence-electron chi connectivity index (χ0n) is 24.1. The van der Waals surface area contributed by atoms with Crippen molar-refractivity contribution in [3.8, 4) is 5.75 Å². The molecular formula is C30H42N2O7S. The van der Waals surface area contributed by atoms with Crippen molar-refractivity contribution in [1.82, 2.24) is 10.6 Å². The Morgan fingerprint density at radius 1 is 1.05 bits per heavy atom. The lowest BCUT2D eigenvalue weighted by atomic mass is 9.88. The van der Waals surface area contributed by atoms with E-state index in [9.17, 15) is 18.0 Å². The van der Waals surface area contributed by atoms with E-state index in [1.54, 1.807) is 19.2 Å². The molecule has 0 saturated heterocycles. The normalized spacial score (nSPS) is 19.9. The van der Waals surface area contributed by atoms with E-state index in [1.807, 2.05) is 37.3 Å². The summed E-state index contributed by atoms with van der Waals surface area (Å²) in [5.41, 5.74) is 1.62. The molecule has 0 radical (unpaired) electrons. The molecule has 0 bridgehead atoms. The zero-order valence-corrected chi connectivity index (χ0v) is 24.9. The number of ether oxygens (including phenoxy) is 3. The van der Waals surface area contributed by atoms with Crippen LogP contribution < -0.4 is 15.4 Å². The van der Waals surface area contributed by atoms with Crippen molar-refractivity contribution in [1.29, 1.82) is 0 Å². The number of hydrogen-bond acceptors (Lipinski definition) is 9. The van der Waals surface area contributed by atoms with E-state index in [-0.39, 0.29) is 36.1 Å². The Morgan fingerprint density at radius 3 is 2.25 bits per heavy atom. The van der Waals surface area contributed by atoms with Crippen molar-refractivity contribution < 1.29 is 32.2 Å². The fraction of sp³-hybridized carbons (Fsp3) is 0.533. The van der Waals surface area contributed by atoms with Crippen LogP contribution in [0, 0.1) is 0 Å². The van der Waals surface area contributed by atoms with Gasteiger partial charge in [-0.1, -0.05) is 57.0 Å². The molecule has 2 aromatic rings. The van der Waals surface area contributed by atoms with Crippen LogP contribution >= 0.6 is 0 Å². The first-order valence-electron chi connectivity index (χ1n) is 13.7. The number of unbranched alkanes of at least 4 members (excludes halogenated alkanes) is 1. The first-order valence-corrected chi connectivity index (χ1v) is 15.4. The predicted octanol–water partition coefficient (Wildman–Crippen LogP) is 4.08. The Labute approximate surface area is 237 Å². The molecule has 1 aliphatic heterocycles. The minimum absolute atomic E-state index is 0.0145. The van der Waals surface area contributed by atoms with Gasteiger partial charge in [0.15, 0.2) is 9.84 Å². The van der Waals surface area contributed by atoms with Crippen molar-refractivity contribution in [2.24, 2.45) is 0 Å². The molecule has 2 atom stereocenters. The second-order valence-electron chi connectivity index (χ2n) is 10.3. The number of nitrogens with one attached hydrogen (secondary N) is 2. The standard InChI is InChI=1S/C30H42N2O7S/c1-6-8-14-30(7-2)20-40(35,36)26-15-22(19-31-23(16-27(33)38-4)17-28(34)39-5)25(37-3)18-24(26)29(32-30)21-12-10-9-11-13-21/h9-13,15,18,23,29,31-32H,6-8,14,16-17,19-20H2,1-5H3/t29?,30-/m1/s1. The van der Waals surface area contributed by atoms with Crippen LogP contribution in [0.1, 0.15) is 75.1 Å². The van der Waals surface area contributed by atoms with Crippen LogP contribution in [0.5, 0.6) is 5.75 Å². The van der Waals surface area contributed by atoms with E-state index in [1.165, 1.54) is 14.2 Å². The number of sulfone groups is 1. The van der Waals surface area contributed by atoms with E-state index in [2.05, 4.69) is 17.6 Å². The van der Waals surface area contributed by atoms with Crippen LogP contribution in [0.15, 0.2) is 47.4 Å². The molecule has 0 saturated carbocycles. The van der Waals surface area contributed by atoms with Crippen LogP contribution in [0.3, 0.4) is 0 Å². The summed E-state index contributed by atoms with van der Waals surface area (Å²) < 4.78 is 43.4. The van der Waals surface area contributed by atoms with Gasteiger partial charge in [-0.15, -0.1) is 0 Å². The van der Waals surface area contributed by atoms with Crippen molar-refractivity contribution in [3.05, 3.63) is 59.2 Å². The first kappa shape index (κ1) is 31.6. The van der Waals surface area contributed by atoms with E-state index in [4.69, 9.17) is 14.2 Å². The van der Waals surface area contributed by atoms with E-state index in [0.717, 1.165) is 24.8 Å². The third-order valence-electron chi connectivity index (χ3n) is 7.66. The molecular weight excluding hydrogens is 532 g/mol. The second kappa shape index (κ2) is 14.1. The van der Waals surface area contributed by atoms with Crippen LogP contribution in [0.25, 0.3) is 0 Å². The molecule has 9 nitrogen and oxygen atoms in total. The summed E-state index contributed by atoms with van der Waals surface area (Å²) in [5, 5.41) is 6.96. The van der Waals surface area contributed by atoms with Gasteiger partial charge in [0.25, 0.3) is 0 Å². The van der Waals surface area contributed by atoms with E-state index in [0.29, 0.717) is 23.3 Å². The molecule has 40 heavy (non-hydrogen) atoms. The highest BCUT2D eigenvalue weighted by Crippen LogP contribution is 2.40. The fourth-order valence-electron chi connectivity index (χ4n) is 5.30. The molecule has 1 aliphatic rings. The van der Waals surface area contributed by atoms with Gasteiger partial charge < -0.3 is 19.5 Å².